The third-order valence-electron chi connectivity index (χ3n) is 3.26. The Hall–Kier alpha value is -2.26. The number of allylic oxidation sites excluding steroid dienone is 2. The summed E-state index contributed by atoms with van der Waals surface area (Å²) in [5.41, 5.74) is 0.663. The molecule has 0 radical (unpaired) electrons. The van der Waals surface area contributed by atoms with Crippen molar-refractivity contribution in [2.24, 2.45) is 0 Å². The molecular weight excluding hydrogens is 408 g/mol. The van der Waals surface area contributed by atoms with E-state index >= 15 is 0 Å². The van der Waals surface area contributed by atoms with Crippen LogP contribution in [0, 0.1) is 17.1 Å². The maximum Gasteiger partial charge on any atom is 0.348 e. The first-order chi connectivity index (χ1) is 12.9. The fourth-order valence-electron chi connectivity index (χ4n) is 2.00. The van der Waals surface area contributed by atoms with E-state index in [1.807, 2.05) is 6.07 Å². The maximum atomic E-state index is 13.3. The number of benzene rings is 2. The van der Waals surface area contributed by atoms with Crippen LogP contribution in [-0.2, 0) is 9.53 Å². The molecular formula is C20H14Cl2FNO2S. The maximum absolute atomic E-state index is 13.3. The molecule has 0 unspecified atom stereocenters. The molecule has 0 fully saturated rings. The minimum absolute atomic E-state index is 0.130. The zero-order valence-electron chi connectivity index (χ0n) is 14.2. The first kappa shape index (κ1) is 21.0. The van der Waals surface area contributed by atoms with Gasteiger partial charge in [-0.2, -0.15) is 5.26 Å². The molecule has 0 saturated carbocycles. The molecule has 0 aliphatic rings. The van der Waals surface area contributed by atoms with Crippen molar-refractivity contribution < 1.29 is 13.9 Å². The van der Waals surface area contributed by atoms with Gasteiger partial charge in [0.25, 0.3) is 0 Å². The average molecular weight is 422 g/mol. The highest BCUT2D eigenvalue weighted by atomic mass is 35.5. The second-order valence-electron chi connectivity index (χ2n) is 5.13. The number of hydrogen-bond donors (Lipinski definition) is 0. The van der Waals surface area contributed by atoms with Crippen LogP contribution < -0.4 is 0 Å². The van der Waals surface area contributed by atoms with Gasteiger partial charge in [-0.3, -0.25) is 0 Å². The lowest BCUT2D eigenvalue weighted by Gasteiger charge is -2.09. The van der Waals surface area contributed by atoms with Crippen molar-refractivity contribution in [2.45, 2.75) is 11.8 Å². The van der Waals surface area contributed by atoms with Crippen molar-refractivity contribution in [3.8, 4) is 6.07 Å². The fourth-order valence-corrected chi connectivity index (χ4v) is 3.33. The second-order valence-corrected chi connectivity index (χ2v) is 7.05. The molecule has 138 valence electrons. The van der Waals surface area contributed by atoms with Crippen molar-refractivity contribution >= 4 is 45.8 Å². The number of hydrogen-bond acceptors (Lipinski definition) is 4. The molecule has 2 aromatic rings. The molecule has 7 heteroatoms. The van der Waals surface area contributed by atoms with Crippen LogP contribution in [0.1, 0.15) is 12.5 Å². The monoisotopic (exact) mass is 421 g/mol. The summed E-state index contributed by atoms with van der Waals surface area (Å²) in [6.07, 6.45) is 3.00. The van der Waals surface area contributed by atoms with Crippen LogP contribution in [0.25, 0.3) is 4.91 Å². The van der Waals surface area contributed by atoms with Gasteiger partial charge in [-0.25, -0.2) is 9.18 Å². The van der Waals surface area contributed by atoms with Gasteiger partial charge < -0.3 is 4.74 Å². The average Bonchev–Trinajstić information content (AvgIpc) is 2.64. The second kappa shape index (κ2) is 10.2. The van der Waals surface area contributed by atoms with Gasteiger partial charge >= 0.3 is 5.97 Å². The molecule has 0 spiro atoms. The number of nitriles is 1. The van der Waals surface area contributed by atoms with Gasteiger partial charge in [0.05, 0.1) is 11.6 Å². The van der Waals surface area contributed by atoms with Crippen LogP contribution in [-0.4, -0.2) is 12.6 Å². The van der Waals surface area contributed by atoms with Crippen LogP contribution in [0.3, 0.4) is 0 Å². The Bertz CT molecular complexity index is 934. The molecule has 0 atom stereocenters. The summed E-state index contributed by atoms with van der Waals surface area (Å²) in [6, 6.07) is 12.9. The Morgan fingerprint density at radius 1 is 1.22 bits per heavy atom. The van der Waals surface area contributed by atoms with Crippen molar-refractivity contribution in [1.29, 1.82) is 5.26 Å². The minimum atomic E-state index is -0.698. The smallest absolute Gasteiger partial charge is 0.348 e. The van der Waals surface area contributed by atoms with Gasteiger partial charge in [0, 0.05) is 14.8 Å². The van der Waals surface area contributed by atoms with E-state index in [0.29, 0.717) is 14.8 Å². The molecule has 2 rings (SSSR count). The van der Waals surface area contributed by atoms with E-state index in [-0.39, 0.29) is 17.2 Å². The first-order valence-corrected chi connectivity index (χ1v) is 9.40. The third-order valence-corrected chi connectivity index (χ3v) is 5.10. The van der Waals surface area contributed by atoms with Crippen LogP contribution in [0.4, 0.5) is 4.39 Å². The quantitative estimate of drug-likeness (QED) is 0.181. The van der Waals surface area contributed by atoms with Crippen molar-refractivity contribution in [3.63, 3.8) is 0 Å². The summed E-state index contributed by atoms with van der Waals surface area (Å²) >= 11 is 13.3. The van der Waals surface area contributed by atoms with Gasteiger partial charge in [-0.15, -0.1) is 0 Å². The highest BCUT2D eigenvalue weighted by Gasteiger charge is 2.11. The predicted molar refractivity (Wildman–Crippen MR) is 107 cm³/mol. The Kier molecular flexibility index (Phi) is 7.93. The molecule has 0 N–H and O–H groups in total. The number of halogens is 3. The Labute approximate surface area is 171 Å². The molecule has 2 aromatic carbocycles. The summed E-state index contributed by atoms with van der Waals surface area (Å²) in [4.78, 5) is 13.1. The summed E-state index contributed by atoms with van der Waals surface area (Å²) in [5, 5.41) is 10.0. The van der Waals surface area contributed by atoms with Crippen molar-refractivity contribution in [1.82, 2.24) is 0 Å². The van der Waals surface area contributed by atoms with E-state index in [2.05, 4.69) is 0 Å². The lowest BCUT2D eigenvalue weighted by molar-refractivity contribution is -0.138. The van der Waals surface area contributed by atoms with E-state index in [1.165, 1.54) is 30.0 Å². The van der Waals surface area contributed by atoms with Crippen molar-refractivity contribution in [2.75, 3.05) is 6.61 Å². The van der Waals surface area contributed by atoms with E-state index in [9.17, 15) is 14.4 Å². The highest BCUT2D eigenvalue weighted by Crippen LogP contribution is 2.38. The normalized spacial score (nSPS) is 11.8. The third kappa shape index (κ3) is 6.14. The number of thioether (sulfide) groups is 1. The zero-order valence-corrected chi connectivity index (χ0v) is 16.5. The summed E-state index contributed by atoms with van der Waals surface area (Å²) in [6.45, 7) is 1.83. The zero-order chi connectivity index (χ0) is 19.8. The summed E-state index contributed by atoms with van der Waals surface area (Å²) < 4.78 is 18.1. The molecule has 3 nitrogen and oxygen atoms in total. The Morgan fingerprint density at radius 3 is 2.52 bits per heavy atom. The van der Waals surface area contributed by atoms with Gasteiger partial charge in [-0.1, -0.05) is 47.1 Å². The summed E-state index contributed by atoms with van der Waals surface area (Å²) in [5.74, 6) is -1.13. The lowest BCUT2D eigenvalue weighted by atomic mass is 10.2. The van der Waals surface area contributed by atoms with E-state index in [4.69, 9.17) is 27.9 Å². The number of carbonyl (C=O) groups is 1. The first-order valence-electron chi connectivity index (χ1n) is 7.82. The van der Waals surface area contributed by atoms with E-state index in [1.54, 1.807) is 43.3 Å². The molecule has 27 heavy (non-hydrogen) atoms. The van der Waals surface area contributed by atoms with Gasteiger partial charge in [0.1, 0.15) is 17.5 Å². The SMILES string of the molecule is CCOC(=O)/C(C#N)=C\C=C(/Sc1ccc(F)cc1Cl)c1ccc(Cl)cc1. The lowest BCUT2D eigenvalue weighted by Crippen LogP contribution is -2.05. The van der Waals surface area contributed by atoms with E-state index in [0.717, 1.165) is 5.56 Å². The van der Waals surface area contributed by atoms with Crippen molar-refractivity contribution in [3.05, 3.63) is 81.6 Å². The highest BCUT2D eigenvalue weighted by molar-refractivity contribution is 8.08. The van der Waals surface area contributed by atoms with Gasteiger partial charge in [-0.05, 0) is 55.0 Å². The number of nitrogens with zero attached hydrogens (tertiary/aromatic N) is 1. The molecule has 0 aliphatic heterocycles. The topological polar surface area (TPSA) is 50.1 Å². The number of esters is 1. The summed E-state index contributed by atoms with van der Waals surface area (Å²) in [7, 11) is 0. The van der Waals surface area contributed by atoms with Crippen LogP contribution >= 0.6 is 35.0 Å². The Balaban J connectivity index is 2.44. The number of rotatable bonds is 6. The van der Waals surface area contributed by atoms with Crippen LogP contribution in [0.2, 0.25) is 10.0 Å². The number of carbonyl (C=O) groups excluding carboxylic acids is 1. The molecule has 0 aliphatic carbocycles. The van der Waals surface area contributed by atoms with E-state index < -0.39 is 11.8 Å². The molecule has 0 heterocycles. The molecule has 0 saturated heterocycles. The molecule has 0 bridgehead atoms. The number of ether oxygens (including phenoxy) is 1. The van der Waals surface area contributed by atoms with Crippen LogP contribution in [0.5, 0.6) is 0 Å². The predicted octanol–water partition coefficient (Wildman–Crippen LogP) is 6.28. The Morgan fingerprint density at radius 2 is 1.93 bits per heavy atom. The van der Waals surface area contributed by atoms with Gasteiger partial charge in [0.2, 0.25) is 0 Å². The fraction of sp³-hybridized carbons (Fsp3) is 0.100. The molecule has 0 amide bonds. The van der Waals surface area contributed by atoms with Gasteiger partial charge in [0.15, 0.2) is 0 Å². The van der Waals surface area contributed by atoms with Crippen LogP contribution in [0.15, 0.2) is 65.1 Å². The minimum Gasteiger partial charge on any atom is -0.462 e. The largest absolute Gasteiger partial charge is 0.462 e. The molecule has 0 aromatic heterocycles. The standard InChI is InChI=1S/C20H14Cl2FNO2S/c1-2-26-20(25)14(12-24)5-9-18(13-3-6-15(21)7-4-13)27-19-10-8-16(23)11-17(19)22/h3-11H,2H2,1H3/b14-5-,18-9-.